The molecule has 2 aliphatic rings. The first-order valence-electron chi connectivity index (χ1n) is 11.2. The molecule has 10 nitrogen and oxygen atoms in total. The van der Waals surface area contributed by atoms with Gasteiger partial charge in [0.15, 0.2) is 6.29 Å². The van der Waals surface area contributed by atoms with Gasteiger partial charge in [-0.1, -0.05) is 30.7 Å². The monoisotopic (exact) mass is 469 g/mol. The number of allylic oxidation sites excluding steroid dienone is 4. The van der Waals surface area contributed by atoms with Gasteiger partial charge in [0.25, 0.3) is 0 Å². The van der Waals surface area contributed by atoms with E-state index in [-0.39, 0.29) is 37.4 Å². The zero-order valence-corrected chi connectivity index (χ0v) is 19.2. The zero-order valence-electron chi connectivity index (χ0n) is 19.2. The molecule has 2 fully saturated rings. The van der Waals surface area contributed by atoms with Crippen molar-refractivity contribution in [1.29, 1.82) is 0 Å². The van der Waals surface area contributed by atoms with Crippen molar-refractivity contribution >= 4 is 17.6 Å². The minimum atomic E-state index is -1.62. The van der Waals surface area contributed by atoms with Crippen molar-refractivity contribution in [2.45, 2.75) is 83.3 Å². The third-order valence-corrected chi connectivity index (χ3v) is 5.88. The van der Waals surface area contributed by atoms with Crippen molar-refractivity contribution in [2.75, 3.05) is 6.61 Å². The minimum Gasteiger partial charge on any atom is -0.394 e. The number of piperidine rings is 1. The Morgan fingerprint density at radius 2 is 1.82 bits per heavy atom. The Kier molecular flexibility index (Phi) is 10.3. The summed E-state index contributed by atoms with van der Waals surface area (Å²) in [6, 6.07) is 0. The third kappa shape index (κ3) is 7.80. The highest BCUT2D eigenvalue weighted by atomic mass is 16.7. The van der Waals surface area contributed by atoms with Crippen LogP contribution in [0.1, 0.15) is 46.5 Å². The highest BCUT2D eigenvalue weighted by Gasteiger charge is 2.45. The van der Waals surface area contributed by atoms with Crippen LogP contribution in [0, 0.1) is 11.8 Å². The van der Waals surface area contributed by atoms with Gasteiger partial charge in [-0.05, 0) is 26.2 Å². The molecule has 0 radical (unpaired) electrons. The van der Waals surface area contributed by atoms with Gasteiger partial charge < -0.3 is 29.9 Å². The number of amides is 2. The number of ketones is 1. The number of carbonyl (C=O) groups excluding carboxylic acids is 3. The first-order valence-corrected chi connectivity index (χ1v) is 11.2. The number of carbonyl (C=O) groups is 3. The molecule has 5 N–H and O–H groups in total. The van der Waals surface area contributed by atoms with E-state index in [9.17, 15) is 34.8 Å². The zero-order chi connectivity index (χ0) is 24.7. The number of Topliss-reactive ketones (excluding diaryl/α,β-unsaturated/α-hetero) is 1. The summed E-state index contributed by atoms with van der Waals surface area (Å²) in [5, 5.41) is 42.0. The van der Waals surface area contributed by atoms with Crippen molar-refractivity contribution in [3.63, 3.8) is 0 Å². The smallest absolute Gasteiger partial charge is 0.226 e. The van der Waals surface area contributed by atoms with Crippen LogP contribution in [-0.2, 0) is 23.9 Å². The van der Waals surface area contributed by atoms with Crippen molar-refractivity contribution < 1.29 is 44.3 Å². The van der Waals surface area contributed by atoms with E-state index in [2.05, 4.69) is 5.32 Å². The summed E-state index contributed by atoms with van der Waals surface area (Å²) in [7, 11) is 0. The Bertz CT molecular complexity index is 747. The van der Waals surface area contributed by atoms with E-state index in [0.29, 0.717) is 0 Å². The summed E-state index contributed by atoms with van der Waals surface area (Å²) in [6.45, 7) is 4.88. The number of aliphatic hydroxyl groups excluding tert-OH is 4. The normalized spacial score (nSPS) is 31.5. The third-order valence-electron chi connectivity index (χ3n) is 5.88. The van der Waals surface area contributed by atoms with E-state index in [4.69, 9.17) is 9.47 Å². The molecule has 0 unspecified atom stereocenters. The number of hydrogen-bond acceptors (Lipinski definition) is 9. The molecule has 186 valence electrons. The number of ether oxygens (including phenoxy) is 2. The van der Waals surface area contributed by atoms with Crippen molar-refractivity contribution in [1.82, 2.24) is 5.32 Å². The maximum absolute atomic E-state index is 12.9. The molecular formula is C23H35NO9. The van der Waals surface area contributed by atoms with Crippen molar-refractivity contribution in [3.8, 4) is 0 Å². The molecule has 2 amide bonds. The molecule has 0 bridgehead atoms. The lowest BCUT2D eigenvalue weighted by Crippen LogP contribution is -2.59. The molecule has 2 rings (SSSR count). The van der Waals surface area contributed by atoms with Crippen LogP contribution in [0.15, 0.2) is 23.8 Å². The molecule has 10 heteroatoms. The van der Waals surface area contributed by atoms with Gasteiger partial charge in [0, 0.05) is 25.2 Å². The number of rotatable bonds is 10. The van der Waals surface area contributed by atoms with Gasteiger partial charge in [-0.25, -0.2) is 0 Å². The SMILES string of the molecule is C/C=C\C(C)=C\[C@H](C)C(=O)C[C@@H](CC1CC(=O)NC(=O)C1)O[C@H]1O[C@H](CO)[C@@H](O)[C@H](O)[C@H]1O. The first kappa shape index (κ1) is 27.3. The van der Waals surface area contributed by atoms with E-state index in [1.54, 1.807) is 6.92 Å². The van der Waals surface area contributed by atoms with Crippen LogP contribution < -0.4 is 5.32 Å². The van der Waals surface area contributed by atoms with Gasteiger partial charge >= 0.3 is 0 Å². The largest absolute Gasteiger partial charge is 0.394 e. The predicted octanol–water partition coefficient (Wildman–Crippen LogP) is -0.268. The molecule has 2 saturated heterocycles. The fourth-order valence-corrected chi connectivity index (χ4v) is 4.17. The lowest BCUT2D eigenvalue weighted by molar-refractivity contribution is -0.312. The maximum atomic E-state index is 12.9. The van der Waals surface area contributed by atoms with Crippen LogP contribution in [-0.4, -0.2) is 81.4 Å². The van der Waals surface area contributed by atoms with Gasteiger partial charge in [0.1, 0.15) is 30.2 Å². The Morgan fingerprint density at radius 3 is 2.39 bits per heavy atom. The van der Waals surface area contributed by atoms with Gasteiger partial charge in [0.2, 0.25) is 11.8 Å². The number of imide groups is 1. The number of nitrogens with one attached hydrogen (secondary N) is 1. The van der Waals surface area contributed by atoms with Crippen LogP contribution in [0.4, 0.5) is 0 Å². The minimum absolute atomic E-state index is 0.0812. The molecule has 0 saturated carbocycles. The molecule has 0 aromatic heterocycles. The Balaban J connectivity index is 2.17. The molecule has 0 aliphatic carbocycles. The molecule has 2 heterocycles. The highest BCUT2D eigenvalue weighted by molar-refractivity contribution is 5.97. The van der Waals surface area contributed by atoms with Crippen molar-refractivity contribution in [3.05, 3.63) is 23.8 Å². The number of hydrogen-bond donors (Lipinski definition) is 5. The van der Waals surface area contributed by atoms with Gasteiger partial charge in [-0.2, -0.15) is 0 Å². The maximum Gasteiger partial charge on any atom is 0.226 e. The van der Waals surface area contributed by atoms with E-state index >= 15 is 0 Å². The fraction of sp³-hybridized carbons (Fsp3) is 0.696. The molecule has 0 aromatic rings. The second-order valence-corrected chi connectivity index (χ2v) is 8.81. The van der Waals surface area contributed by atoms with Gasteiger partial charge in [-0.15, -0.1) is 0 Å². The summed E-state index contributed by atoms with van der Waals surface area (Å²) in [4.78, 5) is 36.4. The van der Waals surface area contributed by atoms with Gasteiger partial charge in [0.05, 0.1) is 12.7 Å². The average Bonchev–Trinajstić information content (AvgIpc) is 2.73. The van der Waals surface area contributed by atoms with Crippen LogP contribution in [0.5, 0.6) is 0 Å². The average molecular weight is 470 g/mol. The summed E-state index contributed by atoms with van der Waals surface area (Å²) >= 11 is 0. The second-order valence-electron chi connectivity index (χ2n) is 8.81. The lowest BCUT2D eigenvalue weighted by Gasteiger charge is -2.41. The lowest BCUT2D eigenvalue weighted by atomic mass is 9.88. The highest BCUT2D eigenvalue weighted by Crippen LogP contribution is 2.28. The molecule has 0 spiro atoms. The van der Waals surface area contributed by atoms with E-state index in [0.717, 1.165) is 5.57 Å². The molecule has 0 aromatic carbocycles. The summed E-state index contributed by atoms with van der Waals surface area (Å²) < 4.78 is 11.3. The topological polar surface area (TPSA) is 163 Å². The summed E-state index contributed by atoms with van der Waals surface area (Å²) in [5.74, 6) is -1.78. The molecular weight excluding hydrogens is 434 g/mol. The summed E-state index contributed by atoms with van der Waals surface area (Å²) in [6.07, 6.45) is -2.37. The van der Waals surface area contributed by atoms with E-state index < -0.39 is 61.1 Å². The quantitative estimate of drug-likeness (QED) is 0.214. The van der Waals surface area contributed by atoms with E-state index in [1.807, 2.05) is 32.1 Å². The Morgan fingerprint density at radius 1 is 1.18 bits per heavy atom. The Labute approximate surface area is 193 Å². The second kappa shape index (κ2) is 12.5. The fourth-order valence-electron chi connectivity index (χ4n) is 4.17. The molecule has 2 aliphatic heterocycles. The van der Waals surface area contributed by atoms with Crippen LogP contribution in [0.25, 0.3) is 0 Å². The Hall–Kier alpha value is -1.95. The molecule has 7 atom stereocenters. The van der Waals surface area contributed by atoms with E-state index in [1.165, 1.54) is 0 Å². The molecule has 33 heavy (non-hydrogen) atoms. The van der Waals surface area contributed by atoms with Crippen LogP contribution in [0.3, 0.4) is 0 Å². The number of aliphatic hydroxyl groups is 4. The van der Waals surface area contributed by atoms with Crippen LogP contribution in [0.2, 0.25) is 0 Å². The summed E-state index contributed by atoms with van der Waals surface area (Å²) in [5.41, 5.74) is 0.916. The van der Waals surface area contributed by atoms with Gasteiger partial charge in [-0.3, -0.25) is 19.7 Å². The first-order chi connectivity index (χ1) is 15.5. The standard InChI is InChI=1S/C23H35NO9/c1-4-5-12(2)6-13(3)16(26)10-15(7-14-8-18(27)24-19(28)9-14)32-23-22(31)21(30)20(29)17(11-25)33-23/h4-6,13-15,17,20-23,25,29-31H,7-11H2,1-3H3,(H,24,27,28)/b5-4-,12-6+/t13-,15+,17+,20+,21-,22+,23-/m0/s1. The predicted molar refractivity (Wildman–Crippen MR) is 116 cm³/mol. The van der Waals surface area contributed by atoms with Crippen molar-refractivity contribution in [2.24, 2.45) is 11.8 Å². The van der Waals surface area contributed by atoms with Crippen LogP contribution >= 0.6 is 0 Å².